The van der Waals surface area contributed by atoms with Gasteiger partial charge in [-0.2, -0.15) is 0 Å². The lowest BCUT2D eigenvalue weighted by Gasteiger charge is -2.24. The van der Waals surface area contributed by atoms with Crippen molar-refractivity contribution in [2.45, 2.75) is 40.3 Å². The Morgan fingerprint density at radius 1 is 0.872 bits per heavy atom. The molecule has 2 heterocycles. The van der Waals surface area contributed by atoms with E-state index in [2.05, 4.69) is 0 Å². The highest BCUT2D eigenvalue weighted by molar-refractivity contribution is 7.07. The van der Waals surface area contributed by atoms with E-state index < -0.39 is 12.0 Å². The van der Waals surface area contributed by atoms with Gasteiger partial charge in [0.05, 0.1) is 40.6 Å². The number of fused-ring (bicyclic) bond motifs is 2. The highest BCUT2D eigenvalue weighted by Crippen LogP contribution is 2.32. The minimum atomic E-state index is -0.686. The highest BCUT2D eigenvalue weighted by Gasteiger charge is 2.33. The van der Waals surface area contributed by atoms with E-state index >= 15 is 0 Å². The summed E-state index contributed by atoms with van der Waals surface area (Å²) in [6.45, 7) is 8.07. The van der Waals surface area contributed by atoms with Gasteiger partial charge in [-0.05, 0) is 73.9 Å². The quantitative estimate of drug-likeness (QED) is 0.182. The van der Waals surface area contributed by atoms with Gasteiger partial charge < -0.3 is 14.2 Å². The van der Waals surface area contributed by atoms with Crippen LogP contribution < -0.4 is 19.6 Å². The second-order valence-corrected chi connectivity index (χ2v) is 12.1. The molecule has 47 heavy (non-hydrogen) atoms. The molecule has 0 saturated carbocycles. The van der Waals surface area contributed by atoms with E-state index in [1.165, 1.54) is 11.3 Å². The number of allylic oxidation sites excluding steroid dienone is 1. The van der Waals surface area contributed by atoms with E-state index in [9.17, 15) is 14.4 Å². The maximum Gasteiger partial charge on any atom is 0.338 e. The van der Waals surface area contributed by atoms with E-state index in [1.807, 2.05) is 85.8 Å². The van der Waals surface area contributed by atoms with Gasteiger partial charge in [0.15, 0.2) is 4.80 Å². The fourth-order valence-corrected chi connectivity index (χ4v) is 6.68. The predicted octanol–water partition coefficient (Wildman–Crippen LogP) is 6.02. The average Bonchev–Trinajstić information content (AvgIpc) is 3.38. The Morgan fingerprint density at radius 3 is 2.30 bits per heavy atom. The molecule has 1 aliphatic heterocycles. The van der Waals surface area contributed by atoms with Gasteiger partial charge in [0.25, 0.3) is 5.56 Å². The summed E-state index contributed by atoms with van der Waals surface area (Å²) in [5.41, 5.74) is 4.57. The number of aryl methyl sites for hydroxylation is 1. The Morgan fingerprint density at radius 2 is 1.57 bits per heavy atom. The molecule has 5 aromatic rings. The molecule has 0 N–H and O–H groups in total. The fraction of sp³-hybridized carbons (Fsp3) is 0.211. The molecule has 0 spiro atoms. The zero-order valence-corrected chi connectivity index (χ0v) is 27.4. The molecule has 0 bridgehead atoms. The zero-order chi connectivity index (χ0) is 33.1. The molecular formula is C38H34N2O6S. The predicted molar refractivity (Wildman–Crippen MR) is 182 cm³/mol. The molecule has 6 rings (SSSR count). The second-order valence-electron chi connectivity index (χ2n) is 11.1. The summed E-state index contributed by atoms with van der Waals surface area (Å²) in [7, 11) is 0. The lowest BCUT2D eigenvalue weighted by Crippen LogP contribution is -2.39. The first-order valence-electron chi connectivity index (χ1n) is 15.5. The van der Waals surface area contributed by atoms with Gasteiger partial charge in [-0.3, -0.25) is 9.36 Å². The summed E-state index contributed by atoms with van der Waals surface area (Å²) >= 11 is 1.27. The Bertz CT molecular complexity index is 2190. The lowest BCUT2D eigenvalue weighted by atomic mass is 9.95. The number of benzene rings is 4. The number of rotatable bonds is 9. The first kappa shape index (κ1) is 31.7. The number of ether oxygens (including phenoxy) is 3. The van der Waals surface area contributed by atoms with Crippen molar-refractivity contribution in [3.05, 3.63) is 144 Å². The second kappa shape index (κ2) is 13.6. The Kier molecular flexibility index (Phi) is 9.17. The molecular weight excluding hydrogens is 612 g/mol. The smallest absolute Gasteiger partial charge is 0.338 e. The van der Waals surface area contributed by atoms with Crippen molar-refractivity contribution >= 4 is 40.1 Å². The van der Waals surface area contributed by atoms with Crippen LogP contribution in [0.1, 0.15) is 59.4 Å². The third-order valence-corrected chi connectivity index (χ3v) is 8.96. The molecule has 0 radical (unpaired) electrons. The maximum atomic E-state index is 14.3. The van der Waals surface area contributed by atoms with Crippen molar-refractivity contribution in [2.24, 2.45) is 4.99 Å². The normalized spacial score (nSPS) is 14.5. The van der Waals surface area contributed by atoms with Crippen molar-refractivity contribution < 1.29 is 23.8 Å². The van der Waals surface area contributed by atoms with Crippen LogP contribution in [0.5, 0.6) is 5.75 Å². The SMILES string of the molecule is CCOC(=O)C1=C(C)N=c2s/c(=C\c3c(OCc4ccc(C(=O)OCC)cc4)ccc4ccccc34)c(=O)n2[C@@H]1c1ccc(C)cc1. The third kappa shape index (κ3) is 6.39. The van der Waals surface area contributed by atoms with E-state index in [1.54, 1.807) is 37.5 Å². The molecule has 0 unspecified atom stereocenters. The number of esters is 2. The summed E-state index contributed by atoms with van der Waals surface area (Å²) in [6, 6.07) is 26.0. The van der Waals surface area contributed by atoms with Gasteiger partial charge in [0, 0.05) is 5.56 Å². The molecule has 0 amide bonds. The van der Waals surface area contributed by atoms with Gasteiger partial charge in [-0.25, -0.2) is 14.6 Å². The fourth-order valence-electron chi connectivity index (χ4n) is 5.65. The number of hydrogen-bond donors (Lipinski definition) is 0. The summed E-state index contributed by atoms with van der Waals surface area (Å²) < 4.78 is 18.9. The largest absolute Gasteiger partial charge is 0.488 e. The summed E-state index contributed by atoms with van der Waals surface area (Å²) in [5, 5.41) is 1.92. The van der Waals surface area contributed by atoms with Crippen molar-refractivity contribution in [3.8, 4) is 5.75 Å². The standard InChI is InChI=1S/C38H34N2O6S/c1-5-44-36(42)28-17-13-25(14-18-28)22-46-31-20-19-26-9-7-8-10-29(26)30(31)21-32-35(41)40-34(27-15-11-23(3)12-16-27)33(37(43)45-6-2)24(4)39-38(40)47-32/h7-21,34H,5-6,22H2,1-4H3/b32-21-/t34-/m1/s1. The Balaban J connectivity index is 1.45. The van der Waals surface area contributed by atoms with Gasteiger partial charge >= 0.3 is 11.9 Å². The molecule has 4 aromatic carbocycles. The monoisotopic (exact) mass is 646 g/mol. The van der Waals surface area contributed by atoms with E-state index in [4.69, 9.17) is 19.2 Å². The topological polar surface area (TPSA) is 96.2 Å². The molecule has 9 heteroatoms. The average molecular weight is 647 g/mol. The van der Waals surface area contributed by atoms with Gasteiger partial charge in [0.2, 0.25) is 0 Å². The van der Waals surface area contributed by atoms with Crippen LogP contribution in [0.4, 0.5) is 0 Å². The van der Waals surface area contributed by atoms with Crippen LogP contribution in [0.25, 0.3) is 16.8 Å². The van der Waals surface area contributed by atoms with Crippen LogP contribution in [-0.2, 0) is 20.9 Å². The number of carbonyl (C=O) groups is 2. The first-order chi connectivity index (χ1) is 22.8. The molecule has 1 atom stereocenters. The van der Waals surface area contributed by atoms with Crippen molar-refractivity contribution in [3.63, 3.8) is 0 Å². The molecule has 0 fully saturated rings. The summed E-state index contributed by atoms with van der Waals surface area (Å²) in [6.07, 6.45) is 1.85. The van der Waals surface area contributed by atoms with Gasteiger partial charge in [-0.1, -0.05) is 83.6 Å². The number of hydrogen-bond acceptors (Lipinski definition) is 8. The van der Waals surface area contributed by atoms with Crippen LogP contribution in [-0.4, -0.2) is 29.7 Å². The molecule has 238 valence electrons. The number of carbonyl (C=O) groups excluding carboxylic acids is 2. The van der Waals surface area contributed by atoms with Crippen LogP contribution in [0.3, 0.4) is 0 Å². The van der Waals surface area contributed by atoms with E-state index in [0.717, 1.165) is 33.0 Å². The van der Waals surface area contributed by atoms with Crippen LogP contribution in [0, 0.1) is 6.92 Å². The molecule has 8 nitrogen and oxygen atoms in total. The van der Waals surface area contributed by atoms with E-state index in [0.29, 0.717) is 38.5 Å². The summed E-state index contributed by atoms with van der Waals surface area (Å²) in [5.74, 6) is -0.261. The Hall–Kier alpha value is -5.28. The minimum absolute atomic E-state index is 0.208. The van der Waals surface area contributed by atoms with Crippen molar-refractivity contribution in [1.29, 1.82) is 0 Å². The third-order valence-electron chi connectivity index (χ3n) is 7.98. The van der Waals surface area contributed by atoms with Crippen LogP contribution in [0.2, 0.25) is 0 Å². The molecule has 0 saturated heterocycles. The number of aromatic nitrogens is 1. The van der Waals surface area contributed by atoms with Crippen molar-refractivity contribution in [2.75, 3.05) is 13.2 Å². The van der Waals surface area contributed by atoms with Gasteiger partial charge in [0.1, 0.15) is 12.4 Å². The van der Waals surface area contributed by atoms with Crippen LogP contribution in [0.15, 0.2) is 106 Å². The zero-order valence-electron chi connectivity index (χ0n) is 26.6. The summed E-state index contributed by atoms with van der Waals surface area (Å²) in [4.78, 5) is 44.8. The lowest BCUT2D eigenvalue weighted by molar-refractivity contribution is -0.139. The highest BCUT2D eigenvalue weighted by atomic mass is 32.1. The maximum absolute atomic E-state index is 14.3. The van der Waals surface area contributed by atoms with Gasteiger partial charge in [-0.15, -0.1) is 0 Å². The van der Waals surface area contributed by atoms with Crippen LogP contribution >= 0.6 is 11.3 Å². The number of thiazole rings is 1. The molecule has 0 aliphatic carbocycles. The van der Waals surface area contributed by atoms with Crippen molar-refractivity contribution in [1.82, 2.24) is 4.57 Å². The molecule has 1 aliphatic rings. The Labute approximate surface area is 275 Å². The van der Waals surface area contributed by atoms with E-state index in [-0.39, 0.29) is 24.7 Å². The minimum Gasteiger partial charge on any atom is -0.488 e. The number of nitrogens with zero attached hydrogens (tertiary/aromatic N) is 2. The first-order valence-corrected chi connectivity index (χ1v) is 16.3. The molecule has 1 aromatic heterocycles.